The third-order valence-corrected chi connectivity index (χ3v) is 4.99. The highest BCUT2D eigenvalue weighted by Crippen LogP contribution is 2.26. The van der Waals surface area contributed by atoms with Crippen molar-refractivity contribution in [1.82, 2.24) is 15.2 Å². The number of amides is 1. The van der Waals surface area contributed by atoms with Crippen LogP contribution in [0.3, 0.4) is 0 Å². The molecule has 1 N–H and O–H groups in total. The molecule has 1 aromatic carbocycles. The smallest absolute Gasteiger partial charge is 0.273 e. The molecule has 6 heteroatoms. The van der Waals surface area contributed by atoms with E-state index in [1.54, 1.807) is 4.90 Å². The van der Waals surface area contributed by atoms with E-state index in [4.69, 9.17) is 4.74 Å². The van der Waals surface area contributed by atoms with Gasteiger partial charge in [0.25, 0.3) is 5.91 Å². The first-order valence-electron chi connectivity index (χ1n) is 8.25. The molecule has 5 nitrogen and oxygen atoms in total. The number of likely N-dealkylation sites (N-methyl/N-ethyl adjacent to an activating group) is 1. The summed E-state index contributed by atoms with van der Waals surface area (Å²) in [6, 6.07) is 8.10. The van der Waals surface area contributed by atoms with Crippen LogP contribution in [0, 0.1) is 0 Å². The summed E-state index contributed by atoms with van der Waals surface area (Å²) in [7, 11) is 1.86. The molecule has 128 valence electrons. The lowest BCUT2D eigenvalue weighted by atomic mass is 10.2. The molecule has 3 rings (SSSR count). The number of thiazole rings is 1. The minimum Gasteiger partial charge on any atom is -0.491 e. The molecule has 0 radical (unpaired) electrons. The maximum Gasteiger partial charge on any atom is 0.273 e. The molecule has 2 aromatic rings. The average Bonchev–Trinajstić information content (AvgIpc) is 3.25. The van der Waals surface area contributed by atoms with Crippen molar-refractivity contribution in [2.75, 3.05) is 20.1 Å². The summed E-state index contributed by atoms with van der Waals surface area (Å²) in [5.41, 5.74) is 1.52. The van der Waals surface area contributed by atoms with E-state index in [9.17, 15) is 4.79 Å². The van der Waals surface area contributed by atoms with Crippen molar-refractivity contribution in [2.45, 2.75) is 32.4 Å². The van der Waals surface area contributed by atoms with Gasteiger partial charge in [0, 0.05) is 30.6 Å². The van der Waals surface area contributed by atoms with Crippen LogP contribution in [0.15, 0.2) is 29.6 Å². The molecular formula is C18H23N3O2S. The van der Waals surface area contributed by atoms with Crippen molar-refractivity contribution in [1.29, 1.82) is 0 Å². The van der Waals surface area contributed by atoms with Crippen LogP contribution in [-0.4, -0.2) is 48.1 Å². The Morgan fingerprint density at radius 3 is 2.75 bits per heavy atom. The third kappa shape index (κ3) is 3.76. The summed E-state index contributed by atoms with van der Waals surface area (Å²) in [4.78, 5) is 18.9. The van der Waals surface area contributed by atoms with Gasteiger partial charge < -0.3 is 15.0 Å². The van der Waals surface area contributed by atoms with Crippen molar-refractivity contribution >= 4 is 17.2 Å². The summed E-state index contributed by atoms with van der Waals surface area (Å²) in [5, 5.41) is 5.98. The van der Waals surface area contributed by atoms with Gasteiger partial charge in [-0.3, -0.25) is 4.79 Å². The van der Waals surface area contributed by atoms with Gasteiger partial charge in [0.1, 0.15) is 16.5 Å². The Morgan fingerprint density at radius 2 is 2.12 bits per heavy atom. The van der Waals surface area contributed by atoms with Crippen molar-refractivity contribution in [2.24, 2.45) is 0 Å². The number of rotatable bonds is 5. The maximum atomic E-state index is 12.6. The average molecular weight is 345 g/mol. The zero-order valence-electron chi connectivity index (χ0n) is 14.3. The molecule has 0 aliphatic carbocycles. The summed E-state index contributed by atoms with van der Waals surface area (Å²) < 4.78 is 5.65. The summed E-state index contributed by atoms with van der Waals surface area (Å²) in [6.07, 6.45) is 1.15. The Morgan fingerprint density at radius 1 is 1.38 bits per heavy atom. The van der Waals surface area contributed by atoms with Crippen LogP contribution in [-0.2, 0) is 0 Å². The summed E-state index contributed by atoms with van der Waals surface area (Å²) in [6.45, 7) is 5.83. The summed E-state index contributed by atoms with van der Waals surface area (Å²) in [5.74, 6) is 0.834. The molecule has 0 spiro atoms. The molecule has 0 saturated carbocycles. The Kier molecular flexibility index (Phi) is 5.16. The highest BCUT2D eigenvalue weighted by Gasteiger charge is 2.25. The van der Waals surface area contributed by atoms with Crippen molar-refractivity contribution < 1.29 is 9.53 Å². The minimum absolute atomic E-state index is 0.00837. The predicted octanol–water partition coefficient (Wildman–Crippen LogP) is 3.03. The van der Waals surface area contributed by atoms with Crippen LogP contribution >= 0.6 is 11.3 Å². The number of nitrogens with one attached hydrogen (secondary N) is 1. The lowest BCUT2D eigenvalue weighted by molar-refractivity contribution is 0.0739. The standard InChI is InChI=1S/C18H23N3O2S/c1-12(2)23-15-6-4-13(5-7-15)17-20-16(11-24-17)18(22)21(3)14-8-9-19-10-14/h4-7,11-12,14,19H,8-10H2,1-3H3. The quantitative estimate of drug-likeness (QED) is 0.905. The van der Waals surface area contributed by atoms with Crippen molar-refractivity contribution in [3.63, 3.8) is 0 Å². The fourth-order valence-corrected chi connectivity index (χ4v) is 3.57. The van der Waals surface area contributed by atoms with E-state index in [1.165, 1.54) is 11.3 Å². The van der Waals surface area contributed by atoms with Gasteiger partial charge in [-0.15, -0.1) is 11.3 Å². The second-order valence-electron chi connectivity index (χ2n) is 6.29. The molecule has 0 bridgehead atoms. The monoisotopic (exact) mass is 345 g/mol. The molecule has 24 heavy (non-hydrogen) atoms. The third-order valence-electron chi connectivity index (χ3n) is 4.10. The molecule has 1 saturated heterocycles. The van der Waals surface area contributed by atoms with E-state index >= 15 is 0 Å². The molecular weight excluding hydrogens is 322 g/mol. The molecule has 1 amide bonds. The van der Waals surface area contributed by atoms with Gasteiger partial charge in [-0.2, -0.15) is 0 Å². The number of carbonyl (C=O) groups excluding carboxylic acids is 1. The van der Waals surface area contributed by atoms with Gasteiger partial charge in [-0.25, -0.2) is 4.98 Å². The van der Waals surface area contributed by atoms with Crippen LogP contribution < -0.4 is 10.1 Å². The lowest BCUT2D eigenvalue weighted by Crippen LogP contribution is -2.38. The molecule has 1 fully saturated rings. The number of hydrogen-bond acceptors (Lipinski definition) is 5. The molecule has 1 aliphatic heterocycles. The van der Waals surface area contributed by atoms with E-state index in [0.717, 1.165) is 35.8 Å². The minimum atomic E-state index is -0.00837. The van der Waals surface area contributed by atoms with E-state index in [1.807, 2.05) is 50.5 Å². The molecule has 1 aromatic heterocycles. The van der Waals surface area contributed by atoms with Gasteiger partial charge in [0.15, 0.2) is 0 Å². The Labute approximate surface area is 146 Å². The van der Waals surface area contributed by atoms with E-state index in [2.05, 4.69) is 10.3 Å². The maximum absolute atomic E-state index is 12.6. The van der Waals surface area contributed by atoms with Crippen LogP contribution in [0.2, 0.25) is 0 Å². The van der Waals surface area contributed by atoms with Gasteiger partial charge >= 0.3 is 0 Å². The predicted molar refractivity (Wildman–Crippen MR) is 96.7 cm³/mol. The van der Waals surface area contributed by atoms with Gasteiger partial charge in [-0.1, -0.05) is 0 Å². The largest absolute Gasteiger partial charge is 0.491 e. The van der Waals surface area contributed by atoms with E-state index in [-0.39, 0.29) is 18.1 Å². The van der Waals surface area contributed by atoms with E-state index < -0.39 is 0 Å². The van der Waals surface area contributed by atoms with Crippen molar-refractivity contribution in [3.05, 3.63) is 35.3 Å². The first-order chi connectivity index (χ1) is 11.5. The lowest BCUT2D eigenvalue weighted by Gasteiger charge is -2.22. The fraction of sp³-hybridized carbons (Fsp3) is 0.444. The van der Waals surface area contributed by atoms with Crippen LogP contribution in [0.4, 0.5) is 0 Å². The number of nitrogens with zero attached hydrogens (tertiary/aromatic N) is 2. The molecule has 1 aliphatic rings. The first kappa shape index (κ1) is 16.9. The Balaban J connectivity index is 1.71. The zero-order valence-corrected chi connectivity index (χ0v) is 15.1. The van der Waals surface area contributed by atoms with E-state index in [0.29, 0.717) is 5.69 Å². The zero-order chi connectivity index (χ0) is 17.1. The van der Waals surface area contributed by atoms with Crippen LogP contribution in [0.5, 0.6) is 5.75 Å². The SMILES string of the molecule is CC(C)Oc1ccc(-c2nc(C(=O)N(C)C3CCNC3)cs2)cc1. The molecule has 2 heterocycles. The molecule has 1 unspecified atom stereocenters. The number of ether oxygens (including phenoxy) is 1. The first-order valence-corrected chi connectivity index (χ1v) is 9.13. The number of hydrogen-bond donors (Lipinski definition) is 1. The normalized spacial score (nSPS) is 17.2. The number of benzene rings is 1. The topological polar surface area (TPSA) is 54.5 Å². The molecule has 1 atom stereocenters. The second-order valence-corrected chi connectivity index (χ2v) is 7.15. The highest BCUT2D eigenvalue weighted by atomic mass is 32.1. The summed E-state index contributed by atoms with van der Waals surface area (Å²) >= 11 is 1.50. The second kappa shape index (κ2) is 7.32. The number of aromatic nitrogens is 1. The van der Waals surface area contributed by atoms with Crippen LogP contribution in [0.1, 0.15) is 30.8 Å². The number of carbonyl (C=O) groups is 1. The fourth-order valence-electron chi connectivity index (χ4n) is 2.77. The Bertz CT molecular complexity index is 691. The van der Waals surface area contributed by atoms with Crippen molar-refractivity contribution in [3.8, 4) is 16.3 Å². The van der Waals surface area contributed by atoms with Gasteiger partial charge in [0.05, 0.1) is 6.10 Å². The van der Waals surface area contributed by atoms with Crippen LogP contribution in [0.25, 0.3) is 10.6 Å². The van der Waals surface area contributed by atoms with Gasteiger partial charge in [0.2, 0.25) is 0 Å². The highest BCUT2D eigenvalue weighted by molar-refractivity contribution is 7.13. The van der Waals surface area contributed by atoms with Gasteiger partial charge in [-0.05, 0) is 51.1 Å². The Hall–Kier alpha value is -1.92.